The normalized spacial score (nSPS) is 34.0. The van der Waals surface area contributed by atoms with Gasteiger partial charge in [0.15, 0.2) is 0 Å². The number of imide groups is 1. The van der Waals surface area contributed by atoms with Crippen LogP contribution in [0.1, 0.15) is 47.5 Å². The van der Waals surface area contributed by atoms with Crippen LogP contribution in [-0.4, -0.2) is 22.8 Å². The van der Waals surface area contributed by atoms with Crippen LogP contribution in [0.15, 0.2) is 12.2 Å². The van der Waals surface area contributed by atoms with E-state index < -0.39 is 0 Å². The molecule has 0 N–H and O–H groups in total. The average Bonchev–Trinajstić information content (AvgIpc) is 2.58. The summed E-state index contributed by atoms with van der Waals surface area (Å²) in [6.07, 6.45) is 5.26. The molecule has 1 saturated heterocycles. The molecule has 2 aliphatic rings. The first-order chi connectivity index (χ1) is 8.22. The van der Waals surface area contributed by atoms with Gasteiger partial charge in [-0.05, 0) is 30.3 Å². The smallest absolute Gasteiger partial charge is 0.253 e. The second kappa shape index (κ2) is 3.94. The van der Waals surface area contributed by atoms with Crippen molar-refractivity contribution in [1.82, 2.24) is 4.90 Å². The summed E-state index contributed by atoms with van der Waals surface area (Å²) < 4.78 is 0. The summed E-state index contributed by atoms with van der Waals surface area (Å²) in [5.74, 6) is 0.199. The number of hydrogen-bond acceptors (Lipinski definition) is 2. The Morgan fingerprint density at radius 3 is 2.44 bits per heavy atom. The van der Waals surface area contributed by atoms with Gasteiger partial charge in [0.1, 0.15) is 0 Å². The van der Waals surface area contributed by atoms with Crippen molar-refractivity contribution in [1.29, 1.82) is 0 Å². The minimum atomic E-state index is -0.362. The summed E-state index contributed by atoms with van der Waals surface area (Å²) in [6.45, 7) is 10.3. The third-order valence-corrected chi connectivity index (χ3v) is 5.04. The van der Waals surface area contributed by atoms with Crippen molar-refractivity contribution in [3.05, 3.63) is 12.2 Å². The molecule has 3 heteroatoms. The van der Waals surface area contributed by atoms with Gasteiger partial charge in [-0.25, -0.2) is 0 Å². The molecule has 1 saturated carbocycles. The highest BCUT2D eigenvalue weighted by Gasteiger charge is 2.66. The van der Waals surface area contributed by atoms with Gasteiger partial charge in [0.25, 0.3) is 5.91 Å². The quantitative estimate of drug-likeness (QED) is 0.706. The van der Waals surface area contributed by atoms with Crippen LogP contribution in [0, 0.1) is 16.7 Å². The largest absolute Gasteiger partial charge is 0.275 e. The predicted octanol–water partition coefficient (Wildman–Crippen LogP) is 2.76. The van der Waals surface area contributed by atoms with Crippen LogP contribution >= 0.6 is 0 Å². The maximum atomic E-state index is 12.5. The van der Waals surface area contributed by atoms with E-state index in [-0.39, 0.29) is 28.7 Å². The fourth-order valence-corrected chi connectivity index (χ4v) is 3.33. The monoisotopic (exact) mass is 249 g/mol. The molecule has 0 aromatic carbocycles. The highest BCUT2D eigenvalue weighted by atomic mass is 16.2. The van der Waals surface area contributed by atoms with Gasteiger partial charge in [0, 0.05) is 6.04 Å². The molecule has 2 amide bonds. The molecule has 1 aliphatic carbocycles. The molecule has 2 fully saturated rings. The number of rotatable bonds is 2. The third-order valence-electron chi connectivity index (χ3n) is 5.04. The van der Waals surface area contributed by atoms with Gasteiger partial charge in [-0.3, -0.25) is 14.5 Å². The molecule has 3 nitrogen and oxygen atoms in total. The maximum absolute atomic E-state index is 12.5. The van der Waals surface area contributed by atoms with E-state index in [1.54, 1.807) is 6.08 Å². The van der Waals surface area contributed by atoms with Gasteiger partial charge >= 0.3 is 0 Å². The number of nitrogens with zero attached hydrogens (tertiary/aromatic N) is 1. The molecular weight excluding hydrogens is 226 g/mol. The minimum absolute atomic E-state index is 0.0159. The van der Waals surface area contributed by atoms with E-state index >= 15 is 0 Å². The molecule has 1 heterocycles. The lowest BCUT2D eigenvalue weighted by molar-refractivity contribution is -0.147. The van der Waals surface area contributed by atoms with Crippen LogP contribution in [0.5, 0.6) is 0 Å². The fraction of sp³-hybridized carbons (Fsp3) is 0.733. The molecule has 0 spiro atoms. The van der Waals surface area contributed by atoms with Crippen molar-refractivity contribution in [2.45, 2.75) is 53.5 Å². The summed E-state index contributed by atoms with van der Waals surface area (Å²) in [4.78, 5) is 26.2. The Morgan fingerprint density at radius 1 is 1.39 bits per heavy atom. The Kier molecular flexibility index (Phi) is 2.91. The lowest BCUT2D eigenvalue weighted by atomic mass is 9.70. The third kappa shape index (κ3) is 1.56. The fourth-order valence-electron chi connectivity index (χ4n) is 3.33. The lowest BCUT2D eigenvalue weighted by Crippen LogP contribution is -2.43. The van der Waals surface area contributed by atoms with Gasteiger partial charge in [0.05, 0.1) is 5.41 Å². The maximum Gasteiger partial charge on any atom is 0.253 e. The van der Waals surface area contributed by atoms with Crippen molar-refractivity contribution in [2.24, 2.45) is 16.7 Å². The van der Waals surface area contributed by atoms with Crippen LogP contribution < -0.4 is 0 Å². The zero-order valence-corrected chi connectivity index (χ0v) is 12.0. The molecule has 0 aromatic rings. The van der Waals surface area contributed by atoms with Crippen LogP contribution in [-0.2, 0) is 9.59 Å². The van der Waals surface area contributed by atoms with Crippen molar-refractivity contribution in [2.75, 3.05) is 0 Å². The summed E-state index contributed by atoms with van der Waals surface area (Å²) in [5, 5.41) is 0. The number of carbonyl (C=O) groups excluding carboxylic acids is 2. The second-order valence-electron chi connectivity index (χ2n) is 6.72. The van der Waals surface area contributed by atoms with Crippen molar-refractivity contribution < 1.29 is 9.59 Å². The molecule has 0 aromatic heterocycles. The summed E-state index contributed by atoms with van der Waals surface area (Å²) in [5.41, 5.74) is -0.468. The van der Waals surface area contributed by atoms with E-state index in [4.69, 9.17) is 0 Å². The van der Waals surface area contributed by atoms with Gasteiger partial charge in [0.2, 0.25) is 5.91 Å². The molecule has 2 bridgehead atoms. The number of piperidine rings is 1. The second-order valence-corrected chi connectivity index (χ2v) is 6.72. The van der Waals surface area contributed by atoms with Crippen LogP contribution in [0.2, 0.25) is 0 Å². The van der Waals surface area contributed by atoms with E-state index in [0.717, 1.165) is 12.8 Å². The molecule has 100 valence electrons. The number of allylic oxidation sites excluding steroid dienone is 1. The molecule has 2 atom stereocenters. The van der Waals surface area contributed by atoms with Crippen molar-refractivity contribution >= 4 is 11.8 Å². The zero-order valence-electron chi connectivity index (χ0n) is 12.0. The zero-order chi connectivity index (χ0) is 13.7. The Hall–Kier alpha value is -1.12. The molecule has 2 rings (SSSR count). The highest BCUT2D eigenvalue weighted by molar-refractivity contribution is 6.05. The van der Waals surface area contributed by atoms with Crippen LogP contribution in [0.25, 0.3) is 0 Å². The topological polar surface area (TPSA) is 37.4 Å². The molecule has 1 aliphatic heterocycles. The first kappa shape index (κ1) is 13.3. The molecule has 0 unspecified atom stereocenters. The highest BCUT2D eigenvalue weighted by Crippen LogP contribution is 2.60. The number of amides is 2. The summed E-state index contributed by atoms with van der Waals surface area (Å²) in [6, 6.07) is 0.0688. The van der Waals surface area contributed by atoms with E-state index in [2.05, 4.69) is 13.8 Å². The van der Waals surface area contributed by atoms with E-state index in [1.807, 2.05) is 26.8 Å². The van der Waals surface area contributed by atoms with Crippen LogP contribution in [0.4, 0.5) is 0 Å². The van der Waals surface area contributed by atoms with E-state index in [0.29, 0.717) is 5.92 Å². The first-order valence-electron chi connectivity index (χ1n) is 6.77. The molecule has 18 heavy (non-hydrogen) atoms. The Labute approximate surface area is 109 Å². The Bertz CT molecular complexity index is 422. The van der Waals surface area contributed by atoms with Gasteiger partial charge < -0.3 is 0 Å². The first-order valence-corrected chi connectivity index (χ1v) is 6.77. The van der Waals surface area contributed by atoms with Gasteiger partial charge in [-0.2, -0.15) is 0 Å². The summed E-state index contributed by atoms with van der Waals surface area (Å²) >= 11 is 0. The minimum Gasteiger partial charge on any atom is -0.275 e. The number of hydrogen-bond donors (Lipinski definition) is 0. The SMILES string of the molecule is CC(C)/C=C/C(=O)N1C(=O)[C@]2(C)CC[C@H]1C2(C)C. The number of fused-ring (bicyclic) bond motifs is 2. The van der Waals surface area contributed by atoms with Crippen molar-refractivity contribution in [3.63, 3.8) is 0 Å². The average molecular weight is 249 g/mol. The Morgan fingerprint density at radius 2 is 2.00 bits per heavy atom. The Balaban J connectivity index is 2.28. The van der Waals surface area contributed by atoms with E-state index in [1.165, 1.54) is 4.90 Å². The summed E-state index contributed by atoms with van der Waals surface area (Å²) in [7, 11) is 0. The standard InChI is InChI=1S/C15H23NO2/c1-10(2)6-7-12(17)16-11-8-9-15(5,13(16)18)14(11,3)4/h6-7,10-11H,8-9H2,1-5H3/b7-6+/t11-,15-/m0/s1. The van der Waals surface area contributed by atoms with Crippen LogP contribution in [0.3, 0.4) is 0 Å². The van der Waals surface area contributed by atoms with Gasteiger partial charge in [-0.15, -0.1) is 0 Å². The number of carbonyl (C=O) groups is 2. The van der Waals surface area contributed by atoms with E-state index in [9.17, 15) is 9.59 Å². The molecule has 0 radical (unpaired) electrons. The van der Waals surface area contributed by atoms with Crippen molar-refractivity contribution in [3.8, 4) is 0 Å². The lowest BCUT2D eigenvalue weighted by Gasteiger charge is -2.29. The predicted molar refractivity (Wildman–Crippen MR) is 70.7 cm³/mol. The molecular formula is C15H23NO2. The number of likely N-dealkylation sites (tertiary alicyclic amines) is 1. The van der Waals surface area contributed by atoms with Gasteiger partial charge in [-0.1, -0.05) is 40.7 Å².